The minimum Gasteiger partial charge on any atom is -0.492 e. The number of nitrogens with zero attached hydrogens (tertiary/aromatic N) is 1. The van der Waals surface area contributed by atoms with Crippen LogP contribution in [-0.2, 0) is 4.74 Å². The predicted octanol–water partition coefficient (Wildman–Crippen LogP) is 4.05. The van der Waals surface area contributed by atoms with Crippen LogP contribution in [0.1, 0.15) is 31.9 Å². The highest BCUT2D eigenvalue weighted by Gasteiger charge is 2.12. The Labute approximate surface area is 132 Å². The molecule has 0 saturated carbocycles. The first-order chi connectivity index (χ1) is 10.7. The molecule has 0 aliphatic carbocycles. The van der Waals surface area contributed by atoms with Crippen LogP contribution in [0.2, 0.25) is 0 Å². The summed E-state index contributed by atoms with van der Waals surface area (Å²) in [5, 5.41) is 9.24. The molecular formula is C18H22N2O2. The summed E-state index contributed by atoms with van der Waals surface area (Å²) in [7, 11) is 0. The second-order valence-electron chi connectivity index (χ2n) is 4.40. The number of benzene rings is 1. The number of nitriles is 1. The van der Waals surface area contributed by atoms with Crippen LogP contribution < -0.4 is 10.5 Å². The summed E-state index contributed by atoms with van der Waals surface area (Å²) >= 11 is 0. The number of hydrogen-bond donors (Lipinski definition) is 1. The Morgan fingerprint density at radius 3 is 2.68 bits per heavy atom. The first-order valence-electron chi connectivity index (χ1n) is 7.21. The topological polar surface area (TPSA) is 68.3 Å². The van der Waals surface area contributed by atoms with Gasteiger partial charge in [0.15, 0.2) is 0 Å². The van der Waals surface area contributed by atoms with E-state index in [1.807, 2.05) is 51.2 Å². The molecule has 0 saturated heterocycles. The molecule has 0 aliphatic heterocycles. The van der Waals surface area contributed by atoms with Crippen LogP contribution in [0.5, 0.6) is 5.75 Å². The highest BCUT2D eigenvalue weighted by molar-refractivity contribution is 5.74. The number of hydrogen-bond acceptors (Lipinski definition) is 4. The third-order valence-electron chi connectivity index (χ3n) is 2.87. The van der Waals surface area contributed by atoms with Crippen LogP contribution >= 0.6 is 0 Å². The molecule has 1 aromatic carbocycles. The summed E-state index contributed by atoms with van der Waals surface area (Å²) in [5.74, 6) is 1.14. The average Bonchev–Trinajstić information content (AvgIpc) is 2.52. The van der Waals surface area contributed by atoms with Gasteiger partial charge in [-0.05, 0) is 39.0 Å². The molecule has 4 heteroatoms. The van der Waals surface area contributed by atoms with Gasteiger partial charge >= 0.3 is 0 Å². The van der Waals surface area contributed by atoms with Gasteiger partial charge in [-0.1, -0.05) is 18.2 Å². The molecule has 2 N–H and O–H groups in total. The number of nitrogens with two attached hydrogens (primary N) is 1. The van der Waals surface area contributed by atoms with Crippen molar-refractivity contribution >= 4 is 11.4 Å². The third kappa shape index (κ3) is 4.71. The number of ether oxygens (including phenoxy) is 2. The number of nitrogen functional groups attached to an aromatic ring is 1. The maximum absolute atomic E-state index is 9.24. The molecule has 4 nitrogen and oxygen atoms in total. The largest absolute Gasteiger partial charge is 0.492 e. The van der Waals surface area contributed by atoms with E-state index in [4.69, 9.17) is 15.2 Å². The van der Waals surface area contributed by atoms with Crippen LogP contribution in [0, 0.1) is 11.3 Å². The molecular weight excluding hydrogens is 276 g/mol. The molecule has 0 unspecified atom stereocenters. The lowest BCUT2D eigenvalue weighted by Gasteiger charge is -2.14. The standard InChI is InChI=1S/C18H22N2O2/c1-4-7-8-9-10-22-17(5-2)15-11-14(13-19)18(21-6-3)12-16(15)20/h4-5,7-9,11-12H,6,10,20H2,1-3H3/b7-4-,9-8-,17-5+. The number of allylic oxidation sites excluding steroid dienone is 4. The Bertz CT molecular complexity index is 623. The van der Waals surface area contributed by atoms with E-state index in [1.165, 1.54) is 0 Å². The van der Waals surface area contributed by atoms with E-state index in [-0.39, 0.29) is 0 Å². The molecule has 0 heterocycles. The fourth-order valence-corrected chi connectivity index (χ4v) is 1.87. The lowest BCUT2D eigenvalue weighted by atomic mass is 10.1. The van der Waals surface area contributed by atoms with Gasteiger partial charge in [0.25, 0.3) is 0 Å². The molecule has 1 aromatic rings. The quantitative estimate of drug-likeness (QED) is 0.468. The molecule has 116 valence electrons. The van der Waals surface area contributed by atoms with Crippen molar-refractivity contribution < 1.29 is 9.47 Å². The zero-order valence-electron chi connectivity index (χ0n) is 13.3. The van der Waals surface area contributed by atoms with Gasteiger partial charge in [0.2, 0.25) is 0 Å². The van der Waals surface area contributed by atoms with E-state index in [9.17, 15) is 5.26 Å². The van der Waals surface area contributed by atoms with E-state index in [1.54, 1.807) is 12.1 Å². The second kappa shape index (κ2) is 9.30. The van der Waals surface area contributed by atoms with Gasteiger partial charge in [0, 0.05) is 17.3 Å². The van der Waals surface area contributed by atoms with E-state index in [0.29, 0.717) is 41.5 Å². The Kier molecular flexibility index (Phi) is 7.35. The number of anilines is 1. The molecule has 0 fully saturated rings. The van der Waals surface area contributed by atoms with Crippen molar-refractivity contribution in [3.05, 3.63) is 53.6 Å². The van der Waals surface area contributed by atoms with Crippen molar-refractivity contribution in [1.29, 1.82) is 5.26 Å². The molecule has 22 heavy (non-hydrogen) atoms. The summed E-state index contributed by atoms with van der Waals surface area (Å²) in [6, 6.07) is 5.49. The van der Waals surface area contributed by atoms with E-state index in [2.05, 4.69) is 6.07 Å². The van der Waals surface area contributed by atoms with Crippen molar-refractivity contribution in [2.24, 2.45) is 0 Å². The lowest BCUT2D eigenvalue weighted by Crippen LogP contribution is -2.02. The van der Waals surface area contributed by atoms with E-state index in [0.717, 1.165) is 0 Å². The van der Waals surface area contributed by atoms with Crippen LogP contribution in [-0.4, -0.2) is 13.2 Å². The second-order valence-corrected chi connectivity index (χ2v) is 4.40. The minimum atomic E-state index is 0.429. The summed E-state index contributed by atoms with van der Waals surface area (Å²) in [4.78, 5) is 0. The van der Waals surface area contributed by atoms with E-state index < -0.39 is 0 Å². The Balaban J connectivity index is 3.00. The SMILES string of the molecule is C/C=C\C=C/CO/C(=C/C)c1cc(C#N)c(OCC)cc1N. The fraction of sp³-hybridized carbons (Fsp3) is 0.278. The fourth-order valence-electron chi connectivity index (χ4n) is 1.87. The molecule has 0 atom stereocenters. The van der Waals surface area contributed by atoms with Crippen LogP contribution in [0.15, 0.2) is 42.5 Å². The van der Waals surface area contributed by atoms with Crippen molar-refractivity contribution in [3.63, 3.8) is 0 Å². The molecule has 0 spiro atoms. The summed E-state index contributed by atoms with van der Waals surface area (Å²) in [6.07, 6.45) is 9.51. The molecule has 1 rings (SSSR count). The van der Waals surface area contributed by atoms with E-state index >= 15 is 0 Å². The molecule has 0 aliphatic rings. The van der Waals surface area contributed by atoms with Crippen molar-refractivity contribution in [2.45, 2.75) is 20.8 Å². The first kappa shape index (κ1) is 17.4. The van der Waals surface area contributed by atoms with Gasteiger partial charge in [-0.3, -0.25) is 0 Å². The number of rotatable bonds is 7. The smallest absolute Gasteiger partial charge is 0.139 e. The predicted molar refractivity (Wildman–Crippen MR) is 90.3 cm³/mol. The Morgan fingerprint density at radius 2 is 2.09 bits per heavy atom. The van der Waals surface area contributed by atoms with Gasteiger partial charge in [-0.15, -0.1) is 0 Å². The van der Waals surface area contributed by atoms with Crippen molar-refractivity contribution in [2.75, 3.05) is 18.9 Å². The highest BCUT2D eigenvalue weighted by Crippen LogP contribution is 2.30. The maximum Gasteiger partial charge on any atom is 0.139 e. The highest BCUT2D eigenvalue weighted by atomic mass is 16.5. The average molecular weight is 298 g/mol. The summed E-state index contributed by atoms with van der Waals surface area (Å²) in [6.45, 7) is 6.59. The van der Waals surface area contributed by atoms with Gasteiger partial charge in [0.05, 0.1) is 12.2 Å². The van der Waals surface area contributed by atoms with Crippen molar-refractivity contribution in [1.82, 2.24) is 0 Å². The molecule has 0 amide bonds. The lowest BCUT2D eigenvalue weighted by molar-refractivity contribution is 0.319. The maximum atomic E-state index is 9.24. The van der Waals surface area contributed by atoms with Crippen LogP contribution in [0.3, 0.4) is 0 Å². The molecule has 0 aromatic heterocycles. The van der Waals surface area contributed by atoms with Gasteiger partial charge in [0.1, 0.15) is 24.2 Å². The monoisotopic (exact) mass is 298 g/mol. The van der Waals surface area contributed by atoms with Crippen LogP contribution in [0.4, 0.5) is 5.69 Å². The van der Waals surface area contributed by atoms with Gasteiger partial charge < -0.3 is 15.2 Å². The zero-order valence-corrected chi connectivity index (χ0v) is 13.3. The molecule has 0 bridgehead atoms. The summed E-state index contributed by atoms with van der Waals surface area (Å²) < 4.78 is 11.1. The van der Waals surface area contributed by atoms with Crippen molar-refractivity contribution in [3.8, 4) is 11.8 Å². The minimum absolute atomic E-state index is 0.429. The molecule has 0 radical (unpaired) electrons. The third-order valence-corrected chi connectivity index (χ3v) is 2.87. The Morgan fingerprint density at radius 1 is 1.32 bits per heavy atom. The Hall–Kier alpha value is -2.67. The van der Waals surface area contributed by atoms with Gasteiger partial charge in [-0.2, -0.15) is 5.26 Å². The normalized spacial score (nSPS) is 11.8. The zero-order chi connectivity index (χ0) is 16.4. The first-order valence-corrected chi connectivity index (χ1v) is 7.21. The van der Waals surface area contributed by atoms with Crippen LogP contribution in [0.25, 0.3) is 5.76 Å². The van der Waals surface area contributed by atoms with Gasteiger partial charge in [-0.25, -0.2) is 0 Å². The summed E-state index contributed by atoms with van der Waals surface area (Å²) in [5.41, 5.74) is 7.72.